The van der Waals surface area contributed by atoms with Crippen LogP contribution in [0.15, 0.2) is 79.9 Å². The van der Waals surface area contributed by atoms with Crippen LogP contribution in [0.2, 0.25) is 0 Å². The van der Waals surface area contributed by atoms with E-state index in [9.17, 15) is 5.11 Å². The van der Waals surface area contributed by atoms with E-state index in [0.717, 1.165) is 5.56 Å². The van der Waals surface area contributed by atoms with Crippen LogP contribution in [0.3, 0.4) is 0 Å². The quantitative estimate of drug-likeness (QED) is 0.733. The lowest BCUT2D eigenvalue weighted by atomic mass is 10.1. The molecule has 22 heavy (non-hydrogen) atoms. The highest BCUT2D eigenvalue weighted by molar-refractivity contribution is 5.54. The van der Waals surface area contributed by atoms with Gasteiger partial charge in [-0.3, -0.25) is 0 Å². The Morgan fingerprint density at radius 1 is 1.00 bits per heavy atom. The SMILES string of the molecule is C=C[C@@H]([C@H](O)c1cnc(-c2ccccc2)nc1)n1cccc1. The van der Waals surface area contributed by atoms with Crippen LogP contribution >= 0.6 is 0 Å². The summed E-state index contributed by atoms with van der Waals surface area (Å²) in [5, 5.41) is 10.5. The predicted octanol–water partition coefficient (Wildman–Crippen LogP) is 3.41. The van der Waals surface area contributed by atoms with Crippen LogP contribution in [-0.2, 0) is 0 Å². The second-order valence-electron chi connectivity index (χ2n) is 5.01. The van der Waals surface area contributed by atoms with Crippen LogP contribution in [0.1, 0.15) is 17.7 Å². The van der Waals surface area contributed by atoms with Crippen molar-refractivity contribution in [3.05, 3.63) is 85.5 Å². The van der Waals surface area contributed by atoms with E-state index in [-0.39, 0.29) is 6.04 Å². The summed E-state index contributed by atoms with van der Waals surface area (Å²) in [4.78, 5) is 8.71. The minimum Gasteiger partial charge on any atom is -0.386 e. The van der Waals surface area contributed by atoms with E-state index in [1.165, 1.54) is 0 Å². The zero-order chi connectivity index (χ0) is 15.4. The molecule has 4 heteroatoms. The lowest BCUT2D eigenvalue weighted by Gasteiger charge is -2.21. The van der Waals surface area contributed by atoms with Gasteiger partial charge in [-0.25, -0.2) is 9.97 Å². The van der Waals surface area contributed by atoms with E-state index in [4.69, 9.17) is 0 Å². The van der Waals surface area contributed by atoms with Gasteiger partial charge in [0.15, 0.2) is 5.82 Å². The number of nitrogens with zero attached hydrogens (tertiary/aromatic N) is 3. The monoisotopic (exact) mass is 291 g/mol. The van der Waals surface area contributed by atoms with Crippen molar-refractivity contribution in [2.24, 2.45) is 0 Å². The van der Waals surface area contributed by atoms with E-state index < -0.39 is 6.10 Å². The highest BCUT2D eigenvalue weighted by atomic mass is 16.3. The molecule has 4 nitrogen and oxygen atoms in total. The summed E-state index contributed by atoms with van der Waals surface area (Å²) in [6.45, 7) is 3.81. The predicted molar refractivity (Wildman–Crippen MR) is 86.1 cm³/mol. The van der Waals surface area contributed by atoms with Gasteiger partial charge < -0.3 is 9.67 Å². The first-order chi connectivity index (χ1) is 10.8. The molecule has 2 heterocycles. The molecule has 0 aliphatic rings. The van der Waals surface area contributed by atoms with Gasteiger partial charge in [0.1, 0.15) is 6.10 Å². The van der Waals surface area contributed by atoms with E-state index in [1.807, 2.05) is 59.4 Å². The number of aromatic nitrogens is 3. The third-order valence-electron chi connectivity index (χ3n) is 3.58. The van der Waals surface area contributed by atoms with E-state index in [1.54, 1.807) is 18.5 Å². The van der Waals surface area contributed by atoms with Crippen LogP contribution in [0.4, 0.5) is 0 Å². The molecule has 0 amide bonds. The fourth-order valence-corrected chi connectivity index (χ4v) is 2.38. The number of hydrogen-bond acceptors (Lipinski definition) is 3. The van der Waals surface area contributed by atoms with Crippen molar-refractivity contribution in [1.82, 2.24) is 14.5 Å². The molecule has 0 bridgehead atoms. The van der Waals surface area contributed by atoms with Gasteiger partial charge in [-0.05, 0) is 12.1 Å². The van der Waals surface area contributed by atoms with Gasteiger partial charge in [0, 0.05) is 35.9 Å². The van der Waals surface area contributed by atoms with Crippen LogP contribution in [-0.4, -0.2) is 19.6 Å². The van der Waals surface area contributed by atoms with Crippen LogP contribution in [0.25, 0.3) is 11.4 Å². The highest BCUT2D eigenvalue weighted by Crippen LogP contribution is 2.27. The maximum absolute atomic E-state index is 10.5. The summed E-state index contributed by atoms with van der Waals surface area (Å²) in [5.74, 6) is 0.646. The normalized spacial score (nSPS) is 13.5. The minimum atomic E-state index is -0.741. The topological polar surface area (TPSA) is 50.9 Å². The molecule has 0 spiro atoms. The summed E-state index contributed by atoms with van der Waals surface area (Å²) in [5.41, 5.74) is 1.62. The standard InChI is InChI=1S/C18H17N3O/c1-2-16(21-10-6-7-11-21)17(22)15-12-19-18(20-13-15)14-8-4-3-5-9-14/h2-13,16-17,22H,1H2/t16-,17+/m0/s1. The molecule has 0 aliphatic carbocycles. The number of aliphatic hydroxyl groups excluding tert-OH is 1. The zero-order valence-electron chi connectivity index (χ0n) is 12.1. The van der Waals surface area contributed by atoms with Crippen molar-refractivity contribution in [2.75, 3.05) is 0 Å². The second-order valence-corrected chi connectivity index (χ2v) is 5.01. The Morgan fingerprint density at radius 2 is 1.64 bits per heavy atom. The molecular weight excluding hydrogens is 274 g/mol. The van der Waals surface area contributed by atoms with Gasteiger partial charge in [0.2, 0.25) is 0 Å². The van der Waals surface area contributed by atoms with Gasteiger partial charge in [0.05, 0.1) is 6.04 Å². The van der Waals surface area contributed by atoms with Crippen LogP contribution in [0.5, 0.6) is 0 Å². The Morgan fingerprint density at radius 3 is 2.23 bits per heavy atom. The van der Waals surface area contributed by atoms with Crippen LogP contribution < -0.4 is 0 Å². The first-order valence-corrected chi connectivity index (χ1v) is 7.10. The summed E-state index contributed by atoms with van der Waals surface area (Å²) in [7, 11) is 0. The third-order valence-corrected chi connectivity index (χ3v) is 3.58. The van der Waals surface area contributed by atoms with E-state index in [2.05, 4.69) is 16.5 Å². The van der Waals surface area contributed by atoms with Crippen LogP contribution in [0, 0.1) is 0 Å². The maximum atomic E-state index is 10.5. The summed E-state index contributed by atoms with van der Waals surface area (Å²) in [6.07, 6.45) is 8.11. The molecular formula is C18H17N3O. The second kappa shape index (κ2) is 6.37. The van der Waals surface area contributed by atoms with Gasteiger partial charge in [-0.15, -0.1) is 6.58 Å². The molecule has 110 valence electrons. The Labute approximate surface area is 129 Å². The Bertz CT molecular complexity index is 721. The fourth-order valence-electron chi connectivity index (χ4n) is 2.38. The maximum Gasteiger partial charge on any atom is 0.159 e. The molecule has 0 saturated heterocycles. The Hall–Kier alpha value is -2.72. The number of aliphatic hydroxyl groups is 1. The third kappa shape index (κ3) is 2.82. The molecule has 2 atom stereocenters. The van der Waals surface area contributed by atoms with Gasteiger partial charge in [-0.1, -0.05) is 36.4 Å². The molecule has 0 fully saturated rings. The van der Waals surface area contributed by atoms with E-state index >= 15 is 0 Å². The molecule has 0 unspecified atom stereocenters. The smallest absolute Gasteiger partial charge is 0.159 e. The van der Waals surface area contributed by atoms with Crippen molar-refractivity contribution in [2.45, 2.75) is 12.1 Å². The lowest BCUT2D eigenvalue weighted by Crippen LogP contribution is -2.15. The van der Waals surface area contributed by atoms with Gasteiger partial charge >= 0.3 is 0 Å². The minimum absolute atomic E-state index is 0.249. The molecule has 0 saturated carbocycles. The molecule has 3 aromatic rings. The first kappa shape index (κ1) is 14.2. The number of rotatable bonds is 5. The van der Waals surface area contributed by atoms with E-state index in [0.29, 0.717) is 11.4 Å². The molecule has 3 rings (SSSR count). The van der Waals surface area contributed by atoms with Crippen molar-refractivity contribution in [3.8, 4) is 11.4 Å². The van der Waals surface area contributed by atoms with Gasteiger partial charge in [0.25, 0.3) is 0 Å². The molecule has 1 N–H and O–H groups in total. The lowest BCUT2D eigenvalue weighted by molar-refractivity contribution is 0.134. The molecule has 2 aromatic heterocycles. The average molecular weight is 291 g/mol. The average Bonchev–Trinajstić information content (AvgIpc) is 3.11. The first-order valence-electron chi connectivity index (χ1n) is 7.10. The molecule has 0 aliphatic heterocycles. The fraction of sp³-hybridized carbons (Fsp3) is 0.111. The van der Waals surface area contributed by atoms with Crippen molar-refractivity contribution in [3.63, 3.8) is 0 Å². The summed E-state index contributed by atoms with van der Waals surface area (Å²) >= 11 is 0. The number of benzene rings is 1. The zero-order valence-corrected chi connectivity index (χ0v) is 12.1. The van der Waals surface area contributed by atoms with Crippen molar-refractivity contribution in [1.29, 1.82) is 0 Å². The van der Waals surface area contributed by atoms with Crippen molar-refractivity contribution >= 4 is 0 Å². The highest BCUT2D eigenvalue weighted by Gasteiger charge is 2.19. The Kier molecular flexibility index (Phi) is 4.12. The molecule has 1 aromatic carbocycles. The van der Waals surface area contributed by atoms with Gasteiger partial charge in [-0.2, -0.15) is 0 Å². The molecule has 0 radical (unpaired) electrons. The summed E-state index contributed by atoms with van der Waals surface area (Å²) in [6, 6.07) is 13.3. The largest absolute Gasteiger partial charge is 0.386 e. The number of hydrogen-bond donors (Lipinski definition) is 1. The summed E-state index contributed by atoms with van der Waals surface area (Å²) < 4.78 is 1.91. The Balaban J connectivity index is 1.84. The van der Waals surface area contributed by atoms with Crippen molar-refractivity contribution < 1.29 is 5.11 Å².